The molecule has 0 aliphatic heterocycles. The third kappa shape index (κ3) is 13.5. The molecular weight excluding hydrogens is 220 g/mol. The molecule has 0 N–H and O–H groups in total. The summed E-state index contributed by atoms with van der Waals surface area (Å²) >= 11 is 0. The highest BCUT2D eigenvalue weighted by atomic mass is 16.1. The molecule has 1 atom stereocenters. The maximum atomic E-state index is 10.2. The summed E-state index contributed by atoms with van der Waals surface area (Å²) in [4.78, 5) is 10.2. The number of hydrogen-bond donors (Lipinski definition) is 0. The van der Waals surface area contributed by atoms with E-state index in [1.807, 2.05) is 0 Å². The lowest BCUT2D eigenvalue weighted by molar-refractivity contribution is -0.108. The first-order chi connectivity index (χ1) is 8.81. The van der Waals surface area contributed by atoms with Crippen LogP contribution in [0.1, 0.15) is 84.5 Å². The van der Waals surface area contributed by atoms with E-state index >= 15 is 0 Å². The zero-order valence-electron chi connectivity index (χ0n) is 12.5. The Morgan fingerprint density at radius 2 is 1.50 bits per heavy atom. The van der Waals surface area contributed by atoms with Crippen LogP contribution >= 0.6 is 0 Å². The summed E-state index contributed by atoms with van der Waals surface area (Å²) in [5, 5.41) is 0. The summed E-state index contributed by atoms with van der Waals surface area (Å²) in [7, 11) is 0. The molecule has 0 aliphatic rings. The second-order valence-corrected chi connectivity index (χ2v) is 5.45. The number of hydrogen-bond acceptors (Lipinski definition) is 1. The lowest BCUT2D eigenvalue weighted by Crippen LogP contribution is -1.94. The molecule has 18 heavy (non-hydrogen) atoms. The minimum absolute atomic E-state index is 0.706. The molecule has 0 aromatic carbocycles. The van der Waals surface area contributed by atoms with Crippen LogP contribution in [0.3, 0.4) is 0 Å². The Labute approximate surface area is 114 Å². The van der Waals surface area contributed by atoms with Gasteiger partial charge in [0.05, 0.1) is 0 Å². The molecule has 0 spiro atoms. The van der Waals surface area contributed by atoms with Gasteiger partial charge in [-0.2, -0.15) is 0 Å². The largest absolute Gasteiger partial charge is 0.303 e. The molecule has 0 amide bonds. The highest BCUT2D eigenvalue weighted by Gasteiger charge is 1.99. The fourth-order valence-electron chi connectivity index (χ4n) is 2.18. The van der Waals surface area contributed by atoms with Crippen molar-refractivity contribution >= 4 is 6.29 Å². The van der Waals surface area contributed by atoms with Crippen LogP contribution in [0, 0.1) is 5.92 Å². The van der Waals surface area contributed by atoms with Gasteiger partial charge in [-0.3, -0.25) is 0 Å². The molecule has 0 aliphatic carbocycles. The summed E-state index contributed by atoms with van der Waals surface area (Å²) in [5.41, 5.74) is 0. The van der Waals surface area contributed by atoms with Crippen molar-refractivity contribution in [3.8, 4) is 0 Å². The van der Waals surface area contributed by atoms with Crippen molar-refractivity contribution in [1.29, 1.82) is 0 Å². The van der Waals surface area contributed by atoms with Gasteiger partial charge in [-0.15, -0.1) is 0 Å². The molecule has 1 heteroatoms. The molecule has 0 aromatic rings. The Bertz CT molecular complexity index is 196. The van der Waals surface area contributed by atoms with Crippen molar-refractivity contribution in [2.75, 3.05) is 0 Å². The Balaban J connectivity index is 3.19. The van der Waals surface area contributed by atoms with Crippen LogP contribution < -0.4 is 0 Å². The smallest absolute Gasteiger partial charge is 0.120 e. The Morgan fingerprint density at radius 3 is 2.17 bits per heavy atom. The maximum Gasteiger partial charge on any atom is 0.120 e. The van der Waals surface area contributed by atoms with Gasteiger partial charge in [-0.05, 0) is 38.0 Å². The molecule has 0 rings (SSSR count). The Hall–Kier alpha value is -0.590. The molecular formula is C17H32O. The van der Waals surface area contributed by atoms with Gasteiger partial charge in [0.1, 0.15) is 6.29 Å². The first kappa shape index (κ1) is 17.4. The van der Waals surface area contributed by atoms with Gasteiger partial charge < -0.3 is 4.79 Å². The molecule has 0 fully saturated rings. The molecule has 0 bridgehead atoms. The Kier molecular flexibility index (Phi) is 14.0. The standard InChI is InChI=1S/C17H32O/c1-3-4-5-6-7-8-9-10-11-12-14-17(2)15-13-16-18/h9-10,16-17H,3-8,11-15H2,1-2H3/b10-9+. The predicted molar refractivity (Wildman–Crippen MR) is 80.8 cm³/mol. The van der Waals surface area contributed by atoms with E-state index in [4.69, 9.17) is 0 Å². The van der Waals surface area contributed by atoms with Gasteiger partial charge in [-0.25, -0.2) is 0 Å². The highest BCUT2D eigenvalue weighted by Crippen LogP contribution is 2.13. The van der Waals surface area contributed by atoms with Crippen LogP contribution in [0.25, 0.3) is 0 Å². The number of unbranched alkanes of at least 4 members (excludes halogenated alkanes) is 6. The lowest BCUT2D eigenvalue weighted by atomic mass is 9.99. The van der Waals surface area contributed by atoms with Crippen molar-refractivity contribution in [3.63, 3.8) is 0 Å². The zero-order valence-corrected chi connectivity index (χ0v) is 12.5. The summed E-state index contributed by atoms with van der Waals surface area (Å²) in [6.45, 7) is 4.51. The maximum absolute atomic E-state index is 10.2. The third-order valence-corrected chi connectivity index (χ3v) is 3.49. The first-order valence-corrected chi connectivity index (χ1v) is 7.89. The minimum Gasteiger partial charge on any atom is -0.303 e. The van der Waals surface area contributed by atoms with E-state index in [1.54, 1.807) is 0 Å². The highest BCUT2D eigenvalue weighted by molar-refractivity contribution is 5.49. The fraction of sp³-hybridized carbons (Fsp3) is 0.824. The number of rotatable bonds is 13. The van der Waals surface area contributed by atoms with Gasteiger partial charge in [0.25, 0.3) is 0 Å². The van der Waals surface area contributed by atoms with Gasteiger partial charge in [0.15, 0.2) is 0 Å². The van der Waals surface area contributed by atoms with Gasteiger partial charge in [-0.1, -0.05) is 58.1 Å². The van der Waals surface area contributed by atoms with E-state index < -0.39 is 0 Å². The molecule has 1 nitrogen and oxygen atoms in total. The van der Waals surface area contributed by atoms with Crippen LogP contribution in [0.5, 0.6) is 0 Å². The number of aldehydes is 1. The van der Waals surface area contributed by atoms with E-state index in [2.05, 4.69) is 26.0 Å². The summed E-state index contributed by atoms with van der Waals surface area (Å²) in [6.07, 6.45) is 19.4. The van der Waals surface area contributed by atoms with Crippen LogP contribution in [0.4, 0.5) is 0 Å². The van der Waals surface area contributed by atoms with E-state index in [0.717, 1.165) is 19.1 Å². The van der Waals surface area contributed by atoms with Crippen LogP contribution in [-0.2, 0) is 4.79 Å². The molecule has 0 saturated carbocycles. The van der Waals surface area contributed by atoms with Crippen LogP contribution in [-0.4, -0.2) is 6.29 Å². The van der Waals surface area contributed by atoms with Gasteiger partial charge >= 0.3 is 0 Å². The first-order valence-electron chi connectivity index (χ1n) is 7.89. The Morgan fingerprint density at radius 1 is 0.833 bits per heavy atom. The van der Waals surface area contributed by atoms with Crippen LogP contribution in [0.2, 0.25) is 0 Å². The summed E-state index contributed by atoms with van der Waals surface area (Å²) in [5.74, 6) is 0.706. The van der Waals surface area contributed by atoms with E-state index in [-0.39, 0.29) is 0 Å². The molecule has 0 radical (unpaired) electrons. The average molecular weight is 252 g/mol. The molecule has 0 saturated heterocycles. The number of allylic oxidation sites excluding steroid dienone is 2. The van der Waals surface area contributed by atoms with E-state index in [1.165, 1.54) is 57.8 Å². The fourth-order valence-corrected chi connectivity index (χ4v) is 2.18. The molecule has 1 unspecified atom stereocenters. The predicted octanol–water partition coefficient (Wildman–Crippen LogP) is 5.69. The van der Waals surface area contributed by atoms with Gasteiger partial charge in [0, 0.05) is 6.42 Å². The van der Waals surface area contributed by atoms with E-state index in [0.29, 0.717) is 5.92 Å². The van der Waals surface area contributed by atoms with Crippen molar-refractivity contribution in [2.45, 2.75) is 84.5 Å². The molecule has 0 aromatic heterocycles. The van der Waals surface area contributed by atoms with Crippen molar-refractivity contribution in [2.24, 2.45) is 5.92 Å². The van der Waals surface area contributed by atoms with Crippen LogP contribution in [0.15, 0.2) is 12.2 Å². The average Bonchev–Trinajstić information content (AvgIpc) is 2.38. The molecule has 0 heterocycles. The summed E-state index contributed by atoms with van der Waals surface area (Å²) < 4.78 is 0. The second kappa shape index (κ2) is 14.5. The quantitative estimate of drug-likeness (QED) is 0.234. The van der Waals surface area contributed by atoms with E-state index in [9.17, 15) is 4.79 Å². The topological polar surface area (TPSA) is 17.1 Å². The monoisotopic (exact) mass is 252 g/mol. The van der Waals surface area contributed by atoms with Gasteiger partial charge in [0.2, 0.25) is 0 Å². The lowest BCUT2D eigenvalue weighted by Gasteiger charge is -2.07. The normalized spacial score (nSPS) is 13.0. The van der Waals surface area contributed by atoms with Crippen molar-refractivity contribution < 1.29 is 4.79 Å². The zero-order chi connectivity index (χ0) is 13.5. The number of carbonyl (C=O) groups excluding carboxylic acids is 1. The molecule has 106 valence electrons. The third-order valence-electron chi connectivity index (χ3n) is 3.49. The summed E-state index contributed by atoms with van der Waals surface area (Å²) in [6, 6.07) is 0. The van der Waals surface area contributed by atoms with Crippen molar-refractivity contribution in [3.05, 3.63) is 12.2 Å². The minimum atomic E-state index is 0.706. The second-order valence-electron chi connectivity index (χ2n) is 5.45. The number of carbonyl (C=O) groups is 1. The van der Waals surface area contributed by atoms with Crippen molar-refractivity contribution in [1.82, 2.24) is 0 Å². The SMILES string of the molecule is CCCCCCC/C=C/CCCC(C)CCC=O.